The van der Waals surface area contributed by atoms with E-state index in [4.69, 9.17) is 21.4 Å². The first-order valence-electron chi connectivity index (χ1n) is 11.4. The Hall–Kier alpha value is -3.31. The summed E-state index contributed by atoms with van der Waals surface area (Å²) in [4.78, 5) is 18.8. The molecule has 6 heteroatoms. The molecule has 0 spiro atoms. The smallest absolute Gasteiger partial charge is 0.306 e. The van der Waals surface area contributed by atoms with Crippen LogP contribution in [0.5, 0.6) is 6.01 Å². The van der Waals surface area contributed by atoms with Crippen LogP contribution in [0.4, 0.5) is 0 Å². The maximum Gasteiger partial charge on any atom is 0.306 e. The van der Waals surface area contributed by atoms with Gasteiger partial charge in [-0.1, -0.05) is 65.7 Å². The average molecular weight is 477 g/mol. The molecule has 2 N–H and O–H groups in total. The molecule has 1 aliphatic rings. The van der Waals surface area contributed by atoms with Crippen molar-refractivity contribution in [2.75, 3.05) is 0 Å². The van der Waals surface area contributed by atoms with Crippen molar-refractivity contribution in [2.45, 2.75) is 46.6 Å². The summed E-state index contributed by atoms with van der Waals surface area (Å²) in [6.45, 7) is 8.04. The second-order valence-electron chi connectivity index (χ2n) is 9.11. The van der Waals surface area contributed by atoms with Gasteiger partial charge in [-0.2, -0.15) is 4.98 Å². The van der Waals surface area contributed by atoms with Gasteiger partial charge in [0.05, 0.1) is 16.6 Å². The van der Waals surface area contributed by atoms with Gasteiger partial charge in [-0.05, 0) is 74.4 Å². The lowest BCUT2D eigenvalue weighted by Crippen LogP contribution is -2.38. The quantitative estimate of drug-likeness (QED) is 0.508. The molecule has 0 saturated heterocycles. The number of H-pyrrole nitrogens is 1. The molecule has 176 valence electrons. The van der Waals surface area contributed by atoms with Crippen LogP contribution in [0.3, 0.4) is 0 Å². The molecule has 0 radical (unpaired) electrons. The summed E-state index contributed by atoms with van der Waals surface area (Å²) in [5, 5.41) is 11.2. The molecule has 1 aliphatic carbocycles. The van der Waals surface area contributed by atoms with E-state index in [1.807, 2.05) is 26.8 Å². The van der Waals surface area contributed by atoms with Gasteiger partial charge < -0.3 is 14.8 Å². The summed E-state index contributed by atoms with van der Waals surface area (Å²) in [5.41, 5.74) is 6.61. The minimum absolute atomic E-state index is 0.134. The molecule has 0 bridgehead atoms. The van der Waals surface area contributed by atoms with Gasteiger partial charge in [-0.25, -0.2) is 0 Å². The number of carbonyl (C=O) groups is 1. The first-order valence-corrected chi connectivity index (χ1v) is 11.8. The molecule has 0 unspecified atom stereocenters. The van der Waals surface area contributed by atoms with Crippen LogP contribution in [0.25, 0.3) is 28.3 Å². The fourth-order valence-corrected chi connectivity index (χ4v) is 4.18. The van der Waals surface area contributed by atoms with E-state index in [0.717, 1.165) is 33.0 Å². The molecule has 2 aromatic carbocycles. The van der Waals surface area contributed by atoms with Crippen molar-refractivity contribution < 1.29 is 14.6 Å². The number of nitrogens with zero attached hydrogens (tertiary/aromatic N) is 1. The number of aryl methyl sites for hydroxylation is 1. The summed E-state index contributed by atoms with van der Waals surface area (Å²) in [6, 6.07) is 17.2. The lowest BCUT2D eigenvalue weighted by molar-refractivity contribution is -0.148. The van der Waals surface area contributed by atoms with Gasteiger partial charge in [-0.3, -0.25) is 4.79 Å². The molecule has 0 atom stereocenters. The van der Waals surface area contributed by atoms with Crippen molar-refractivity contribution in [1.29, 1.82) is 0 Å². The largest absolute Gasteiger partial charge is 0.481 e. The standard InChI is InChI=1S/C28H29ClN2O3/c1-16(2)26-25(30-28(31-26)34-23-13-22(14-23)27(32)33)15-24(29)18(4)19-9-11-21(12-10-19)20-7-5-17(3)6-8-20/h5-12,15,22-23H,13-14H2,1-4H3,(H,30,31)(H,32,33)/b24-18-,25-15+/t22-,23+. The molecule has 5 nitrogen and oxygen atoms in total. The highest BCUT2D eigenvalue weighted by molar-refractivity contribution is 6.37. The molecule has 4 rings (SSSR count). The van der Waals surface area contributed by atoms with Gasteiger partial charge in [0.1, 0.15) is 6.10 Å². The number of aromatic nitrogens is 2. The van der Waals surface area contributed by atoms with E-state index in [1.54, 1.807) is 0 Å². The number of rotatable bonds is 6. The van der Waals surface area contributed by atoms with Crippen molar-refractivity contribution in [1.82, 2.24) is 9.97 Å². The number of aliphatic carboxylic acids is 1. The van der Waals surface area contributed by atoms with E-state index in [-0.39, 0.29) is 12.0 Å². The van der Waals surface area contributed by atoms with Gasteiger partial charge in [0, 0.05) is 5.03 Å². The monoisotopic (exact) mass is 476 g/mol. The summed E-state index contributed by atoms with van der Waals surface area (Å²) in [7, 11) is 0. The number of halogens is 1. The number of ether oxygens (including phenoxy) is 1. The molecular formula is C28H29ClN2O3. The fraction of sp³-hybridized carbons (Fsp3) is 0.286. The Labute approximate surface area is 204 Å². The Balaban J connectivity index is 1.58. The van der Waals surface area contributed by atoms with Crippen molar-refractivity contribution in [3.63, 3.8) is 0 Å². The molecule has 1 aromatic heterocycles. The lowest BCUT2D eigenvalue weighted by atomic mass is 9.82. The maximum atomic E-state index is 11.0. The highest BCUT2D eigenvalue weighted by Gasteiger charge is 2.36. The predicted molar refractivity (Wildman–Crippen MR) is 137 cm³/mol. The van der Waals surface area contributed by atoms with Gasteiger partial charge in [0.2, 0.25) is 0 Å². The molecule has 0 aliphatic heterocycles. The lowest BCUT2D eigenvalue weighted by Gasteiger charge is -2.31. The van der Waals surface area contributed by atoms with E-state index in [0.29, 0.717) is 23.9 Å². The molecule has 1 heterocycles. The number of aromatic amines is 1. The van der Waals surface area contributed by atoms with Crippen LogP contribution in [0.15, 0.2) is 53.6 Å². The number of hydrogen-bond acceptors (Lipinski definition) is 3. The van der Waals surface area contributed by atoms with E-state index in [2.05, 4.69) is 65.4 Å². The Morgan fingerprint density at radius 1 is 1.06 bits per heavy atom. The fourth-order valence-electron chi connectivity index (χ4n) is 3.96. The van der Waals surface area contributed by atoms with E-state index in [9.17, 15) is 4.79 Å². The first-order chi connectivity index (χ1) is 16.2. The Morgan fingerprint density at radius 3 is 2.21 bits per heavy atom. The van der Waals surface area contributed by atoms with Gasteiger partial charge >= 0.3 is 5.97 Å². The van der Waals surface area contributed by atoms with E-state index in [1.165, 1.54) is 11.1 Å². The maximum absolute atomic E-state index is 11.0. The SMILES string of the molecule is CC(C)=c1nc(O[C@H]2C[C@@H](C(=O)O)C2)[nH]/c1=C/C(Cl)=C(\C)c1ccc(-c2ccc(C)cc2)cc1. The summed E-state index contributed by atoms with van der Waals surface area (Å²) >= 11 is 6.72. The van der Waals surface area contributed by atoms with E-state index >= 15 is 0 Å². The average Bonchev–Trinajstić information content (AvgIpc) is 3.18. The van der Waals surface area contributed by atoms with Gasteiger partial charge in [0.15, 0.2) is 0 Å². The normalized spacial score (nSPS) is 18.8. The van der Waals surface area contributed by atoms with Crippen molar-refractivity contribution in [2.24, 2.45) is 5.92 Å². The van der Waals surface area contributed by atoms with Crippen molar-refractivity contribution in [3.05, 3.63) is 75.4 Å². The van der Waals surface area contributed by atoms with Crippen LogP contribution in [0.1, 0.15) is 44.7 Å². The Kier molecular flexibility index (Phi) is 6.94. The number of benzene rings is 2. The highest BCUT2D eigenvalue weighted by Crippen LogP contribution is 2.30. The number of carboxylic acids is 1. The molecule has 1 saturated carbocycles. The predicted octanol–water partition coefficient (Wildman–Crippen LogP) is 5.27. The van der Waals surface area contributed by atoms with Gasteiger partial charge in [0.25, 0.3) is 6.01 Å². The number of carboxylic acid groups (broad SMARTS) is 1. The third kappa shape index (κ3) is 5.26. The molecule has 0 amide bonds. The second kappa shape index (κ2) is 9.90. The summed E-state index contributed by atoms with van der Waals surface area (Å²) < 4.78 is 5.87. The zero-order chi connectivity index (χ0) is 24.4. The van der Waals surface area contributed by atoms with E-state index < -0.39 is 5.97 Å². The third-order valence-electron chi connectivity index (χ3n) is 6.24. The second-order valence-corrected chi connectivity index (χ2v) is 9.52. The van der Waals surface area contributed by atoms with Gasteiger partial charge in [-0.15, -0.1) is 0 Å². The molecule has 3 aromatic rings. The summed E-state index contributed by atoms with van der Waals surface area (Å²) in [6.07, 6.45) is 2.73. The van der Waals surface area contributed by atoms with Crippen molar-refractivity contribution in [3.8, 4) is 17.1 Å². The number of nitrogens with one attached hydrogen (secondary N) is 1. The van der Waals surface area contributed by atoms with Crippen LogP contribution in [0.2, 0.25) is 0 Å². The number of allylic oxidation sites excluding steroid dienone is 2. The topological polar surface area (TPSA) is 75.2 Å². The third-order valence-corrected chi connectivity index (χ3v) is 6.63. The molecular weight excluding hydrogens is 448 g/mol. The number of hydrogen-bond donors (Lipinski definition) is 2. The zero-order valence-corrected chi connectivity index (χ0v) is 20.6. The zero-order valence-electron chi connectivity index (χ0n) is 19.9. The molecule has 34 heavy (non-hydrogen) atoms. The van der Waals surface area contributed by atoms with Crippen LogP contribution >= 0.6 is 11.6 Å². The van der Waals surface area contributed by atoms with Crippen LogP contribution in [-0.4, -0.2) is 27.1 Å². The summed E-state index contributed by atoms with van der Waals surface area (Å²) in [5.74, 6) is -1.10. The van der Waals surface area contributed by atoms with Crippen LogP contribution in [-0.2, 0) is 4.79 Å². The Bertz CT molecular complexity index is 1340. The molecule has 1 fully saturated rings. The first kappa shape index (κ1) is 23.8. The van der Waals surface area contributed by atoms with Crippen LogP contribution < -0.4 is 15.4 Å². The van der Waals surface area contributed by atoms with Crippen LogP contribution in [0, 0.1) is 12.8 Å². The minimum Gasteiger partial charge on any atom is -0.481 e. The highest BCUT2D eigenvalue weighted by atomic mass is 35.5. The Morgan fingerprint density at radius 2 is 1.65 bits per heavy atom. The minimum atomic E-state index is -0.772. The number of imidazole rings is 1. The van der Waals surface area contributed by atoms with Crippen molar-refractivity contribution >= 4 is 34.8 Å².